The van der Waals surface area contributed by atoms with Crippen LogP contribution in [0.15, 0.2) is 59.4 Å². The van der Waals surface area contributed by atoms with Crippen LogP contribution in [-0.4, -0.2) is 50.3 Å². The molecule has 2 aromatic heterocycles. The van der Waals surface area contributed by atoms with Crippen molar-refractivity contribution in [1.29, 1.82) is 0 Å². The van der Waals surface area contributed by atoms with Crippen molar-refractivity contribution < 1.29 is 14.1 Å². The molecule has 3 aromatic rings. The Bertz CT molecular complexity index is 1020. The van der Waals surface area contributed by atoms with E-state index >= 15 is 0 Å². The van der Waals surface area contributed by atoms with E-state index < -0.39 is 0 Å². The molecule has 160 valence electrons. The van der Waals surface area contributed by atoms with E-state index in [1.165, 1.54) is 0 Å². The second-order valence-electron chi connectivity index (χ2n) is 7.68. The summed E-state index contributed by atoms with van der Waals surface area (Å²) < 4.78 is 5.38. The highest BCUT2D eigenvalue weighted by Crippen LogP contribution is 2.31. The number of carbonyl (C=O) groups excluding carboxylic acids is 2. The minimum atomic E-state index is -0.221. The van der Waals surface area contributed by atoms with Gasteiger partial charge in [-0.25, -0.2) is 0 Å². The normalized spacial score (nSPS) is 15.8. The molecule has 1 aromatic carbocycles. The number of benzene rings is 1. The molecule has 0 bridgehead atoms. The van der Waals surface area contributed by atoms with Gasteiger partial charge in [-0.15, -0.1) is 0 Å². The molecule has 8 nitrogen and oxygen atoms in total. The number of aryl methyl sites for hydroxylation is 1. The SMILES string of the molecule is CN(Cc1ccccc1)C(=O)CCc1nc(C2CCCN2C(=O)c2cccnc2)no1. The number of amides is 2. The van der Waals surface area contributed by atoms with Crippen molar-refractivity contribution in [2.45, 2.75) is 38.3 Å². The summed E-state index contributed by atoms with van der Waals surface area (Å²) in [6.07, 6.45) is 5.52. The van der Waals surface area contributed by atoms with Crippen LogP contribution in [0, 0.1) is 0 Å². The first-order valence-electron chi connectivity index (χ1n) is 10.4. The van der Waals surface area contributed by atoms with Crippen LogP contribution in [-0.2, 0) is 17.8 Å². The minimum Gasteiger partial charge on any atom is -0.341 e. The Morgan fingerprint density at radius 3 is 2.81 bits per heavy atom. The monoisotopic (exact) mass is 419 g/mol. The molecule has 2 amide bonds. The lowest BCUT2D eigenvalue weighted by Crippen LogP contribution is -2.31. The van der Waals surface area contributed by atoms with Crippen LogP contribution in [0.1, 0.15) is 52.9 Å². The maximum absolute atomic E-state index is 12.8. The van der Waals surface area contributed by atoms with Crippen LogP contribution >= 0.6 is 0 Å². The van der Waals surface area contributed by atoms with E-state index in [1.54, 1.807) is 41.4 Å². The fraction of sp³-hybridized carbons (Fsp3) is 0.348. The highest BCUT2D eigenvalue weighted by atomic mass is 16.5. The van der Waals surface area contributed by atoms with E-state index in [1.807, 2.05) is 30.3 Å². The predicted molar refractivity (Wildman–Crippen MR) is 113 cm³/mol. The van der Waals surface area contributed by atoms with Crippen molar-refractivity contribution in [3.05, 3.63) is 77.7 Å². The molecule has 1 atom stereocenters. The van der Waals surface area contributed by atoms with Gasteiger partial charge in [0.1, 0.15) is 0 Å². The third kappa shape index (κ3) is 4.96. The summed E-state index contributed by atoms with van der Waals surface area (Å²) in [5.41, 5.74) is 1.63. The van der Waals surface area contributed by atoms with E-state index in [0.29, 0.717) is 36.8 Å². The predicted octanol–water partition coefficient (Wildman–Crippen LogP) is 3.03. The van der Waals surface area contributed by atoms with Crippen LogP contribution in [0.5, 0.6) is 0 Å². The number of rotatable bonds is 7. The van der Waals surface area contributed by atoms with Crippen molar-refractivity contribution in [3.63, 3.8) is 0 Å². The van der Waals surface area contributed by atoms with Crippen molar-refractivity contribution in [2.75, 3.05) is 13.6 Å². The lowest BCUT2D eigenvalue weighted by atomic mass is 10.2. The first kappa shape index (κ1) is 20.7. The van der Waals surface area contributed by atoms with Crippen molar-refractivity contribution >= 4 is 11.8 Å². The molecule has 0 aliphatic carbocycles. The Labute approximate surface area is 180 Å². The molecule has 31 heavy (non-hydrogen) atoms. The molecule has 3 heterocycles. The van der Waals surface area contributed by atoms with Gasteiger partial charge in [0.05, 0.1) is 11.6 Å². The molecule has 8 heteroatoms. The molecule has 0 N–H and O–H groups in total. The molecule has 1 aliphatic heterocycles. The summed E-state index contributed by atoms with van der Waals surface area (Å²) in [4.78, 5) is 37.2. The lowest BCUT2D eigenvalue weighted by Gasteiger charge is -2.22. The van der Waals surface area contributed by atoms with Gasteiger partial charge in [0.15, 0.2) is 5.82 Å². The average Bonchev–Trinajstić information content (AvgIpc) is 3.47. The largest absolute Gasteiger partial charge is 0.341 e. The smallest absolute Gasteiger partial charge is 0.256 e. The summed E-state index contributed by atoms with van der Waals surface area (Å²) in [5.74, 6) is 0.837. The lowest BCUT2D eigenvalue weighted by molar-refractivity contribution is -0.130. The molecular formula is C23H25N5O3. The quantitative estimate of drug-likeness (QED) is 0.584. The van der Waals surface area contributed by atoms with Crippen LogP contribution in [0.4, 0.5) is 0 Å². The van der Waals surface area contributed by atoms with Gasteiger partial charge in [-0.05, 0) is 30.5 Å². The topological polar surface area (TPSA) is 92.4 Å². The highest BCUT2D eigenvalue weighted by Gasteiger charge is 2.34. The van der Waals surface area contributed by atoms with Gasteiger partial charge in [-0.1, -0.05) is 35.5 Å². The van der Waals surface area contributed by atoms with Crippen LogP contribution in [0.2, 0.25) is 0 Å². The number of aromatic nitrogens is 3. The minimum absolute atomic E-state index is 0.0119. The van der Waals surface area contributed by atoms with Gasteiger partial charge in [0, 0.05) is 45.4 Å². The number of carbonyl (C=O) groups is 2. The zero-order valence-corrected chi connectivity index (χ0v) is 17.5. The summed E-state index contributed by atoms with van der Waals surface area (Å²) in [7, 11) is 1.79. The first-order chi connectivity index (χ1) is 15.1. The summed E-state index contributed by atoms with van der Waals surface area (Å²) in [5, 5.41) is 4.09. The molecule has 0 spiro atoms. The number of hydrogen-bond acceptors (Lipinski definition) is 6. The Morgan fingerprint density at radius 2 is 2.03 bits per heavy atom. The van der Waals surface area contributed by atoms with Crippen LogP contribution in [0.3, 0.4) is 0 Å². The maximum Gasteiger partial charge on any atom is 0.256 e. The second-order valence-corrected chi connectivity index (χ2v) is 7.68. The number of pyridine rings is 1. The van der Waals surface area contributed by atoms with E-state index in [4.69, 9.17) is 4.52 Å². The summed E-state index contributed by atoms with van der Waals surface area (Å²) in [6, 6.07) is 13.1. The third-order valence-corrected chi connectivity index (χ3v) is 5.45. The van der Waals surface area contributed by atoms with Crippen molar-refractivity contribution in [3.8, 4) is 0 Å². The second kappa shape index (κ2) is 9.51. The van der Waals surface area contributed by atoms with E-state index in [2.05, 4.69) is 15.1 Å². The molecule has 1 saturated heterocycles. The zero-order chi connectivity index (χ0) is 21.6. The summed E-state index contributed by atoms with van der Waals surface area (Å²) in [6.45, 7) is 1.20. The van der Waals surface area contributed by atoms with E-state index in [0.717, 1.165) is 18.4 Å². The fourth-order valence-corrected chi connectivity index (χ4v) is 3.79. The van der Waals surface area contributed by atoms with Crippen molar-refractivity contribution in [1.82, 2.24) is 24.9 Å². The summed E-state index contributed by atoms with van der Waals surface area (Å²) >= 11 is 0. The molecule has 1 unspecified atom stereocenters. The number of nitrogens with zero attached hydrogens (tertiary/aromatic N) is 5. The first-order valence-corrected chi connectivity index (χ1v) is 10.4. The zero-order valence-electron chi connectivity index (χ0n) is 17.5. The van der Waals surface area contributed by atoms with Gasteiger partial charge < -0.3 is 14.3 Å². The van der Waals surface area contributed by atoms with Gasteiger partial charge >= 0.3 is 0 Å². The number of likely N-dealkylation sites (tertiary alicyclic amines) is 1. The van der Waals surface area contributed by atoms with Crippen LogP contribution in [0.25, 0.3) is 0 Å². The standard InChI is InChI=1S/C23H25N5O3/c1-27(16-17-7-3-2-4-8-17)21(29)12-11-20-25-22(26-31-20)19-10-6-14-28(19)23(30)18-9-5-13-24-15-18/h2-5,7-9,13,15,19H,6,10-12,14,16H2,1H3. The third-order valence-electron chi connectivity index (χ3n) is 5.45. The van der Waals surface area contributed by atoms with E-state index in [-0.39, 0.29) is 24.3 Å². The van der Waals surface area contributed by atoms with Gasteiger partial charge in [0.2, 0.25) is 11.8 Å². The highest BCUT2D eigenvalue weighted by molar-refractivity contribution is 5.94. The molecule has 0 radical (unpaired) electrons. The fourth-order valence-electron chi connectivity index (χ4n) is 3.79. The number of hydrogen-bond donors (Lipinski definition) is 0. The Morgan fingerprint density at radius 1 is 1.19 bits per heavy atom. The molecule has 0 saturated carbocycles. The molecule has 1 aliphatic rings. The van der Waals surface area contributed by atoms with Crippen LogP contribution < -0.4 is 0 Å². The Kier molecular flexibility index (Phi) is 6.35. The van der Waals surface area contributed by atoms with E-state index in [9.17, 15) is 9.59 Å². The maximum atomic E-state index is 12.8. The molecular weight excluding hydrogens is 394 g/mol. The van der Waals surface area contributed by atoms with Gasteiger partial charge in [0.25, 0.3) is 5.91 Å². The van der Waals surface area contributed by atoms with Gasteiger partial charge in [-0.3, -0.25) is 14.6 Å². The van der Waals surface area contributed by atoms with Gasteiger partial charge in [-0.2, -0.15) is 4.98 Å². The molecule has 4 rings (SSSR count). The Hall–Kier alpha value is -3.55. The average molecular weight is 419 g/mol. The molecule has 1 fully saturated rings. The Balaban J connectivity index is 1.34. The van der Waals surface area contributed by atoms with Crippen molar-refractivity contribution in [2.24, 2.45) is 0 Å².